The Morgan fingerprint density at radius 1 is 0.625 bits per heavy atom. The monoisotopic (exact) mass is 402 g/mol. The van der Waals surface area contributed by atoms with Gasteiger partial charge in [-0.15, -0.1) is 0 Å². The molecule has 0 rings (SSSR count). The van der Waals surface area contributed by atoms with Crippen LogP contribution in [0.4, 0.5) is 0 Å². The second-order valence-electron chi connectivity index (χ2n) is 7.18. The van der Waals surface area contributed by atoms with Gasteiger partial charge >= 0.3 is 8.25 Å². The van der Waals surface area contributed by atoms with Gasteiger partial charge in [-0.3, -0.25) is 22.3 Å². The third-order valence-corrected chi connectivity index (χ3v) is 8.40. The van der Waals surface area contributed by atoms with Gasteiger partial charge in [-0.2, -0.15) is 0 Å². The van der Waals surface area contributed by atoms with E-state index in [1.165, 1.54) is 12.8 Å². The van der Waals surface area contributed by atoms with E-state index in [0.717, 1.165) is 38.5 Å². The van der Waals surface area contributed by atoms with Gasteiger partial charge in [0.05, 0.1) is 0 Å². The highest BCUT2D eigenvalue weighted by molar-refractivity contribution is 7.56. The van der Waals surface area contributed by atoms with Crippen LogP contribution in [0.25, 0.3) is 0 Å². The largest absolute Gasteiger partial charge is 0.330 e. The van der Waals surface area contributed by atoms with Gasteiger partial charge in [0.2, 0.25) is 0 Å². The normalized spacial score (nSPS) is 15.8. The summed E-state index contributed by atoms with van der Waals surface area (Å²) in [5.74, 6) is 1.37. The van der Waals surface area contributed by atoms with E-state index in [2.05, 4.69) is 27.7 Å². The van der Waals surface area contributed by atoms with Crippen molar-refractivity contribution in [3.8, 4) is 0 Å². The van der Waals surface area contributed by atoms with E-state index in [-0.39, 0.29) is 0 Å². The highest BCUT2D eigenvalue weighted by Gasteiger charge is 2.10. The molecule has 24 heavy (non-hydrogen) atoms. The Kier molecular flexibility index (Phi) is 16.2. The van der Waals surface area contributed by atoms with Crippen molar-refractivity contribution >= 4 is 24.3 Å². The van der Waals surface area contributed by atoms with E-state index >= 15 is 0 Å². The lowest BCUT2D eigenvalue weighted by molar-refractivity contribution is 0.415. The fraction of sp³-hybridized carbons (Fsp3) is 1.00. The van der Waals surface area contributed by atoms with Crippen LogP contribution in [0.2, 0.25) is 0 Å². The molecule has 0 aliphatic carbocycles. The van der Waals surface area contributed by atoms with Gasteiger partial charge < -0.3 is 0 Å². The molecule has 146 valence electrons. The van der Waals surface area contributed by atoms with Gasteiger partial charge in [0, 0.05) is 12.3 Å². The zero-order chi connectivity index (χ0) is 18.4. The number of hydrogen-bond donors (Lipinski definition) is 0. The summed E-state index contributed by atoms with van der Waals surface area (Å²) in [4.78, 5) is 0. The third kappa shape index (κ3) is 17.4. The molecule has 2 unspecified atom stereocenters. The van der Waals surface area contributed by atoms with Crippen LogP contribution in [-0.4, -0.2) is 12.3 Å². The standard InChI is InChI=1S/C16H37O5P3/c1-15(2)11-7-5-9-13-22(17)20-24(19)21-23(18)14-10-6-8-12-16(3)4/h15-16,22-24H,5-14H2,1-4H3. The summed E-state index contributed by atoms with van der Waals surface area (Å²) in [7, 11) is -7.56. The summed E-state index contributed by atoms with van der Waals surface area (Å²) in [6.07, 6.45) is 9.05. The van der Waals surface area contributed by atoms with Crippen molar-refractivity contribution in [1.29, 1.82) is 0 Å². The molecule has 2 atom stereocenters. The SMILES string of the molecule is CC(C)CCCCC[PH](=O)O[PH](=O)O[PH](=O)CCCCCC(C)C. The van der Waals surface area contributed by atoms with E-state index in [0.29, 0.717) is 24.2 Å². The van der Waals surface area contributed by atoms with E-state index in [1.54, 1.807) is 0 Å². The van der Waals surface area contributed by atoms with Crippen molar-refractivity contribution in [3.63, 3.8) is 0 Å². The van der Waals surface area contributed by atoms with Crippen LogP contribution < -0.4 is 0 Å². The maximum absolute atomic E-state index is 11.7. The van der Waals surface area contributed by atoms with Gasteiger partial charge in [-0.1, -0.05) is 66.2 Å². The molecule has 0 heterocycles. The quantitative estimate of drug-likeness (QED) is 0.210. The molecule has 0 bridgehead atoms. The lowest BCUT2D eigenvalue weighted by Gasteiger charge is -2.07. The minimum Gasteiger partial charge on any atom is -0.296 e. The van der Waals surface area contributed by atoms with E-state index in [4.69, 9.17) is 8.62 Å². The van der Waals surface area contributed by atoms with E-state index in [1.807, 2.05) is 0 Å². The molecule has 0 fully saturated rings. The molecule has 0 aliphatic heterocycles. The number of unbranched alkanes of at least 4 members (excludes halogenated alkanes) is 4. The summed E-state index contributed by atoms with van der Waals surface area (Å²) in [6.45, 7) is 8.73. The highest BCUT2D eigenvalue weighted by Crippen LogP contribution is 2.46. The van der Waals surface area contributed by atoms with Crippen LogP contribution in [0.15, 0.2) is 0 Å². The lowest BCUT2D eigenvalue weighted by atomic mass is 10.1. The zero-order valence-electron chi connectivity index (χ0n) is 15.8. The van der Waals surface area contributed by atoms with Crippen LogP contribution in [0.5, 0.6) is 0 Å². The first-order valence-electron chi connectivity index (χ1n) is 9.26. The minimum absolute atomic E-state index is 0.429. The summed E-state index contributed by atoms with van der Waals surface area (Å²) >= 11 is 0. The molecule has 0 saturated carbocycles. The molecule has 0 saturated heterocycles. The van der Waals surface area contributed by atoms with Crippen LogP contribution in [-0.2, 0) is 22.3 Å². The first kappa shape index (κ1) is 24.6. The molecule has 0 amide bonds. The molecule has 5 nitrogen and oxygen atoms in total. The molecule has 0 aromatic carbocycles. The maximum Gasteiger partial charge on any atom is 0.330 e. The Morgan fingerprint density at radius 3 is 1.33 bits per heavy atom. The maximum atomic E-state index is 11.7. The molecule has 0 spiro atoms. The summed E-state index contributed by atoms with van der Waals surface area (Å²) in [5.41, 5.74) is 0. The fourth-order valence-corrected chi connectivity index (χ4v) is 6.23. The predicted octanol–water partition coefficient (Wildman–Crippen LogP) is 6.79. The first-order chi connectivity index (χ1) is 11.3. The Labute approximate surface area is 150 Å². The molecule has 8 heteroatoms. The number of rotatable bonds is 16. The Bertz CT molecular complexity index is 352. The van der Waals surface area contributed by atoms with Gasteiger partial charge in [-0.25, -0.2) is 0 Å². The average Bonchev–Trinajstić information content (AvgIpc) is 2.45. The molecule has 0 radical (unpaired) electrons. The predicted molar refractivity (Wildman–Crippen MR) is 106 cm³/mol. The molecule has 0 aliphatic rings. The van der Waals surface area contributed by atoms with Crippen LogP contribution in [0, 0.1) is 11.8 Å². The second kappa shape index (κ2) is 15.8. The summed E-state index contributed by atoms with van der Waals surface area (Å²) in [6, 6.07) is 0. The van der Waals surface area contributed by atoms with Gasteiger partial charge in [0.25, 0.3) is 0 Å². The minimum atomic E-state index is -2.88. The van der Waals surface area contributed by atoms with Gasteiger partial charge in [-0.05, 0) is 24.7 Å². The highest BCUT2D eigenvalue weighted by atomic mass is 31.2. The fourth-order valence-electron chi connectivity index (χ4n) is 2.31. The van der Waals surface area contributed by atoms with Crippen LogP contribution in [0.1, 0.15) is 79.1 Å². The topological polar surface area (TPSA) is 69.7 Å². The van der Waals surface area contributed by atoms with Crippen LogP contribution >= 0.6 is 24.3 Å². The first-order valence-corrected chi connectivity index (χ1v) is 13.5. The third-order valence-electron chi connectivity index (χ3n) is 3.72. The molecular formula is C16H37O5P3. The van der Waals surface area contributed by atoms with Crippen molar-refractivity contribution < 1.29 is 22.3 Å². The van der Waals surface area contributed by atoms with Crippen molar-refractivity contribution in [2.75, 3.05) is 12.3 Å². The van der Waals surface area contributed by atoms with E-state index < -0.39 is 24.3 Å². The van der Waals surface area contributed by atoms with Crippen molar-refractivity contribution in [2.45, 2.75) is 79.1 Å². The van der Waals surface area contributed by atoms with Crippen molar-refractivity contribution in [2.24, 2.45) is 11.8 Å². The zero-order valence-corrected chi connectivity index (χ0v) is 18.8. The molecule has 0 aromatic heterocycles. The van der Waals surface area contributed by atoms with Gasteiger partial charge in [0.15, 0.2) is 16.1 Å². The Hall–Kier alpha value is 0.610. The summed E-state index contributed by atoms with van der Waals surface area (Å²) in [5, 5.41) is 0. The lowest BCUT2D eigenvalue weighted by Crippen LogP contribution is -1.88. The number of hydrogen-bond acceptors (Lipinski definition) is 5. The van der Waals surface area contributed by atoms with Crippen LogP contribution in [0.3, 0.4) is 0 Å². The van der Waals surface area contributed by atoms with Gasteiger partial charge in [0.1, 0.15) is 0 Å². The second-order valence-corrected chi connectivity index (χ2v) is 11.8. The Balaban J connectivity index is 3.64. The van der Waals surface area contributed by atoms with E-state index in [9.17, 15) is 13.7 Å². The summed E-state index contributed by atoms with van der Waals surface area (Å²) < 4.78 is 44.8. The van der Waals surface area contributed by atoms with Crippen molar-refractivity contribution in [3.05, 3.63) is 0 Å². The Morgan fingerprint density at radius 2 is 1.00 bits per heavy atom. The smallest absolute Gasteiger partial charge is 0.296 e. The molecule has 0 N–H and O–H groups in total. The van der Waals surface area contributed by atoms with Crippen molar-refractivity contribution in [1.82, 2.24) is 0 Å². The average molecular weight is 402 g/mol. The molecule has 0 aromatic rings. The molecular weight excluding hydrogens is 365 g/mol.